The lowest BCUT2D eigenvalue weighted by atomic mass is 10.2. The fourth-order valence-corrected chi connectivity index (χ4v) is 1.25. The Morgan fingerprint density at radius 2 is 1.82 bits per heavy atom. The molecule has 0 radical (unpaired) electrons. The first-order valence-corrected chi connectivity index (χ1v) is 5.43. The van der Waals surface area contributed by atoms with E-state index in [4.69, 9.17) is 16.7 Å². The van der Waals surface area contributed by atoms with E-state index < -0.39 is 23.3 Å². The van der Waals surface area contributed by atoms with Gasteiger partial charge in [0, 0.05) is 24.6 Å². The molecular weight excluding hydrogens is 248 g/mol. The van der Waals surface area contributed by atoms with Crippen molar-refractivity contribution in [3.8, 4) is 17.2 Å². The van der Waals surface area contributed by atoms with Gasteiger partial charge in [-0.3, -0.25) is 0 Å². The van der Waals surface area contributed by atoms with E-state index in [1.54, 1.807) is 0 Å². The number of halogens is 1. The highest BCUT2D eigenvalue weighted by molar-refractivity contribution is 6.17. The highest BCUT2D eigenvalue weighted by atomic mass is 35.5. The number of aromatic hydroxyl groups is 3. The largest absolute Gasteiger partial charge is 0.504 e. The third kappa shape index (κ3) is 3.92. The molecule has 1 rings (SSSR count). The molecule has 0 aliphatic carbocycles. The summed E-state index contributed by atoms with van der Waals surface area (Å²) in [6.45, 7) is 0.422. The van der Waals surface area contributed by atoms with Crippen LogP contribution in [-0.2, 0) is 0 Å². The number of benzene rings is 1. The SMILES string of the molecule is O=C(NCCCCl)Nc1cc(O)c(O)c(O)c1. The summed E-state index contributed by atoms with van der Waals surface area (Å²) in [7, 11) is 0. The summed E-state index contributed by atoms with van der Waals surface area (Å²) in [6, 6.07) is 1.76. The average Bonchev–Trinajstić information content (AvgIpc) is 2.26. The molecule has 0 fully saturated rings. The van der Waals surface area contributed by atoms with Gasteiger partial charge < -0.3 is 26.0 Å². The summed E-state index contributed by atoms with van der Waals surface area (Å²) in [4.78, 5) is 11.3. The van der Waals surface area contributed by atoms with E-state index in [9.17, 15) is 15.0 Å². The number of anilines is 1. The maximum absolute atomic E-state index is 11.3. The lowest BCUT2D eigenvalue weighted by Crippen LogP contribution is -2.29. The van der Waals surface area contributed by atoms with Gasteiger partial charge in [0.2, 0.25) is 0 Å². The minimum absolute atomic E-state index is 0.168. The number of hydrogen-bond acceptors (Lipinski definition) is 4. The van der Waals surface area contributed by atoms with Crippen molar-refractivity contribution in [2.45, 2.75) is 6.42 Å². The average molecular weight is 261 g/mol. The van der Waals surface area contributed by atoms with Gasteiger partial charge in [-0.1, -0.05) is 0 Å². The number of alkyl halides is 1. The molecule has 0 unspecified atom stereocenters. The minimum Gasteiger partial charge on any atom is -0.504 e. The molecule has 17 heavy (non-hydrogen) atoms. The summed E-state index contributed by atoms with van der Waals surface area (Å²) in [5.41, 5.74) is 0.168. The fourth-order valence-electron chi connectivity index (χ4n) is 1.12. The Labute approximate surface area is 103 Å². The molecule has 0 spiro atoms. The quantitative estimate of drug-likeness (QED) is 0.245. The highest BCUT2D eigenvalue weighted by Gasteiger charge is 2.09. The molecule has 0 aliphatic heterocycles. The van der Waals surface area contributed by atoms with Crippen LogP contribution in [0, 0.1) is 0 Å². The van der Waals surface area contributed by atoms with Gasteiger partial charge in [0.15, 0.2) is 17.2 Å². The molecular formula is C10H13ClN2O4. The van der Waals surface area contributed by atoms with Crippen LogP contribution in [0.3, 0.4) is 0 Å². The minimum atomic E-state index is -0.627. The van der Waals surface area contributed by atoms with Crippen molar-refractivity contribution in [1.29, 1.82) is 0 Å². The number of nitrogens with one attached hydrogen (secondary N) is 2. The number of phenols is 3. The number of urea groups is 1. The normalized spacial score (nSPS) is 9.94. The van der Waals surface area contributed by atoms with Crippen LogP contribution in [-0.4, -0.2) is 33.8 Å². The van der Waals surface area contributed by atoms with Crippen molar-refractivity contribution in [2.24, 2.45) is 0 Å². The topological polar surface area (TPSA) is 102 Å². The molecule has 0 bridgehead atoms. The summed E-state index contributed by atoms with van der Waals surface area (Å²) in [6.07, 6.45) is 0.640. The van der Waals surface area contributed by atoms with Crippen LogP contribution in [0.25, 0.3) is 0 Å². The van der Waals surface area contributed by atoms with E-state index in [0.717, 1.165) is 12.1 Å². The predicted octanol–water partition coefficient (Wildman–Crippen LogP) is 1.55. The van der Waals surface area contributed by atoms with Crippen molar-refractivity contribution in [1.82, 2.24) is 5.32 Å². The van der Waals surface area contributed by atoms with Crippen LogP contribution in [0.15, 0.2) is 12.1 Å². The zero-order valence-corrected chi connectivity index (χ0v) is 9.66. The first kappa shape index (κ1) is 13.2. The van der Waals surface area contributed by atoms with Crippen LogP contribution >= 0.6 is 11.6 Å². The van der Waals surface area contributed by atoms with Gasteiger partial charge in [0.25, 0.3) is 0 Å². The number of rotatable bonds is 4. The molecule has 2 amide bonds. The van der Waals surface area contributed by atoms with Gasteiger partial charge in [-0.15, -0.1) is 11.6 Å². The van der Waals surface area contributed by atoms with E-state index in [2.05, 4.69) is 10.6 Å². The number of carbonyl (C=O) groups excluding carboxylic acids is 1. The van der Waals surface area contributed by atoms with E-state index >= 15 is 0 Å². The summed E-state index contributed by atoms with van der Waals surface area (Å²) >= 11 is 5.44. The zero-order chi connectivity index (χ0) is 12.8. The van der Waals surface area contributed by atoms with Crippen LogP contribution in [0.2, 0.25) is 0 Å². The van der Waals surface area contributed by atoms with Crippen molar-refractivity contribution < 1.29 is 20.1 Å². The summed E-state index contributed by atoms with van der Waals surface area (Å²) in [5.74, 6) is -1.21. The Morgan fingerprint density at radius 1 is 1.24 bits per heavy atom. The molecule has 1 aromatic rings. The van der Waals surface area contributed by atoms with Crippen molar-refractivity contribution in [3.05, 3.63) is 12.1 Å². The second-order valence-corrected chi connectivity index (χ2v) is 3.66. The Kier molecular flexibility index (Phi) is 4.71. The third-order valence-electron chi connectivity index (χ3n) is 1.92. The van der Waals surface area contributed by atoms with E-state index in [-0.39, 0.29) is 5.69 Å². The molecule has 0 aliphatic rings. The predicted molar refractivity (Wildman–Crippen MR) is 63.8 cm³/mol. The zero-order valence-electron chi connectivity index (χ0n) is 8.90. The molecule has 0 atom stereocenters. The Balaban J connectivity index is 2.60. The molecule has 1 aromatic carbocycles. The second-order valence-electron chi connectivity index (χ2n) is 3.29. The van der Waals surface area contributed by atoms with E-state index in [0.29, 0.717) is 18.8 Å². The van der Waals surface area contributed by atoms with Gasteiger partial charge in [-0.25, -0.2) is 4.79 Å². The molecule has 94 valence electrons. The Hall–Kier alpha value is -1.82. The molecule has 0 saturated heterocycles. The maximum atomic E-state index is 11.3. The molecule has 6 nitrogen and oxygen atoms in total. The number of carbonyl (C=O) groups is 1. The van der Waals surface area contributed by atoms with Gasteiger partial charge >= 0.3 is 6.03 Å². The fraction of sp³-hybridized carbons (Fsp3) is 0.300. The Bertz CT molecular complexity index is 388. The maximum Gasteiger partial charge on any atom is 0.319 e. The van der Waals surface area contributed by atoms with Gasteiger partial charge in [-0.2, -0.15) is 0 Å². The molecule has 0 heterocycles. The van der Waals surface area contributed by atoms with Crippen molar-refractivity contribution in [3.63, 3.8) is 0 Å². The van der Waals surface area contributed by atoms with E-state index in [1.165, 1.54) is 0 Å². The first-order chi connectivity index (χ1) is 8.04. The van der Waals surface area contributed by atoms with Crippen molar-refractivity contribution in [2.75, 3.05) is 17.7 Å². The van der Waals surface area contributed by atoms with E-state index in [1.807, 2.05) is 0 Å². The first-order valence-electron chi connectivity index (χ1n) is 4.90. The third-order valence-corrected chi connectivity index (χ3v) is 2.19. The molecule has 0 saturated carbocycles. The monoisotopic (exact) mass is 260 g/mol. The lowest BCUT2D eigenvalue weighted by molar-refractivity contribution is 0.252. The smallest absolute Gasteiger partial charge is 0.319 e. The van der Waals surface area contributed by atoms with Crippen LogP contribution in [0.1, 0.15) is 6.42 Å². The molecule has 7 heteroatoms. The van der Waals surface area contributed by atoms with Gasteiger partial charge in [0.05, 0.1) is 5.69 Å². The second kappa shape index (κ2) is 6.05. The number of amides is 2. The molecule has 0 aromatic heterocycles. The van der Waals surface area contributed by atoms with Gasteiger partial charge in [-0.05, 0) is 6.42 Å². The van der Waals surface area contributed by atoms with Crippen LogP contribution in [0.5, 0.6) is 17.2 Å². The summed E-state index contributed by atoms with van der Waals surface area (Å²) in [5, 5.41) is 32.4. The lowest BCUT2D eigenvalue weighted by Gasteiger charge is -2.08. The number of phenolic OH excluding ortho intramolecular Hbond substituents is 3. The Morgan fingerprint density at radius 3 is 2.35 bits per heavy atom. The van der Waals surface area contributed by atoms with Crippen LogP contribution in [0.4, 0.5) is 10.5 Å². The summed E-state index contributed by atoms with van der Waals surface area (Å²) < 4.78 is 0. The molecule has 5 N–H and O–H groups in total. The van der Waals surface area contributed by atoms with Crippen LogP contribution < -0.4 is 10.6 Å². The van der Waals surface area contributed by atoms with Crippen molar-refractivity contribution >= 4 is 23.3 Å². The highest BCUT2D eigenvalue weighted by Crippen LogP contribution is 2.37. The standard InChI is InChI=1S/C10H13ClN2O4/c11-2-1-3-12-10(17)13-6-4-7(14)9(16)8(15)5-6/h4-5,14-16H,1-3H2,(H2,12,13,17). The number of hydrogen-bond donors (Lipinski definition) is 5. The van der Waals surface area contributed by atoms with Gasteiger partial charge in [0.1, 0.15) is 0 Å².